The Labute approximate surface area is 200 Å². The molecule has 8 heteroatoms. The Kier molecular flexibility index (Phi) is 6.30. The van der Waals surface area contributed by atoms with E-state index in [4.69, 9.17) is 16.3 Å². The number of ether oxygens (including phenoxy) is 1. The van der Waals surface area contributed by atoms with Crippen LogP contribution in [0.5, 0.6) is 11.5 Å². The number of aryl methyl sites for hydroxylation is 1. The van der Waals surface area contributed by atoms with Crippen molar-refractivity contribution in [3.8, 4) is 11.5 Å². The predicted octanol–water partition coefficient (Wildman–Crippen LogP) is 5.12. The summed E-state index contributed by atoms with van der Waals surface area (Å²) in [5, 5.41) is 21.6. The molecule has 0 aromatic heterocycles. The number of methoxy groups -OCH3 is 1. The van der Waals surface area contributed by atoms with E-state index in [2.05, 4.69) is 0 Å². The van der Waals surface area contributed by atoms with E-state index in [0.29, 0.717) is 16.7 Å². The Balaban J connectivity index is 1.93. The maximum absolute atomic E-state index is 13.4. The zero-order chi connectivity index (χ0) is 24.6. The van der Waals surface area contributed by atoms with Crippen LogP contribution in [0.4, 0.5) is 4.39 Å². The summed E-state index contributed by atoms with van der Waals surface area (Å²) in [7, 11) is 1.38. The first kappa shape index (κ1) is 23.3. The maximum Gasteiger partial charge on any atom is 0.295 e. The number of benzene rings is 3. The molecule has 4 rings (SSSR count). The SMILES string of the molecule is COc1c(Cl)cc(C)cc1/C(O)=C1\C(=O)C(=O)N(Cc2ccc(F)cc2)C1c1cccc(O)c1. The molecule has 1 aliphatic rings. The highest BCUT2D eigenvalue weighted by molar-refractivity contribution is 6.46. The summed E-state index contributed by atoms with van der Waals surface area (Å²) >= 11 is 6.29. The number of carbonyl (C=O) groups is 2. The number of likely N-dealkylation sites (tertiary alicyclic amines) is 1. The predicted molar refractivity (Wildman–Crippen MR) is 125 cm³/mol. The number of phenols is 1. The molecule has 3 aromatic rings. The number of carbonyl (C=O) groups excluding carboxylic acids is 2. The van der Waals surface area contributed by atoms with Crippen molar-refractivity contribution >= 4 is 29.1 Å². The number of aromatic hydroxyl groups is 1. The van der Waals surface area contributed by atoms with Gasteiger partial charge in [-0.3, -0.25) is 9.59 Å². The average molecular weight is 482 g/mol. The molecule has 1 saturated heterocycles. The molecular weight excluding hydrogens is 461 g/mol. The second-order valence-corrected chi connectivity index (χ2v) is 8.38. The topological polar surface area (TPSA) is 87.1 Å². The number of aliphatic hydroxyl groups is 1. The molecule has 0 aliphatic carbocycles. The van der Waals surface area contributed by atoms with Crippen molar-refractivity contribution in [2.45, 2.75) is 19.5 Å². The number of phenolic OH excluding ortho intramolecular Hbond substituents is 1. The van der Waals surface area contributed by atoms with Crippen LogP contribution in [0.3, 0.4) is 0 Å². The zero-order valence-corrected chi connectivity index (χ0v) is 19.1. The van der Waals surface area contributed by atoms with Crippen LogP contribution < -0.4 is 4.74 Å². The van der Waals surface area contributed by atoms with E-state index in [1.54, 1.807) is 31.2 Å². The third-order valence-corrected chi connectivity index (χ3v) is 5.92. The Morgan fingerprint density at radius 3 is 2.47 bits per heavy atom. The van der Waals surface area contributed by atoms with E-state index < -0.39 is 29.3 Å². The number of amides is 1. The second-order valence-electron chi connectivity index (χ2n) is 7.98. The fourth-order valence-electron chi connectivity index (χ4n) is 4.13. The number of ketones is 1. The number of rotatable bonds is 5. The van der Waals surface area contributed by atoms with E-state index in [9.17, 15) is 24.2 Å². The minimum Gasteiger partial charge on any atom is -0.508 e. The lowest BCUT2D eigenvalue weighted by Crippen LogP contribution is -2.29. The molecule has 6 nitrogen and oxygen atoms in total. The number of hydrogen-bond donors (Lipinski definition) is 2. The van der Waals surface area contributed by atoms with Gasteiger partial charge in [0.25, 0.3) is 11.7 Å². The van der Waals surface area contributed by atoms with Gasteiger partial charge in [-0.05, 0) is 60.0 Å². The van der Waals surface area contributed by atoms with Crippen molar-refractivity contribution in [3.05, 3.63) is 99.3 Å². The van der Waals surface area contributed by atoms with Gasteiger partial charge >= 0.3 is 0 Å². The highest BCUT2D eigenvalue weighted by Gasteiger charge is 2.46. The first-order valence-electron chi connectivity index (χ1n) is 10.4. The molecule has 1 amide bonds. The molecule has 0 saturated carbocycles. The normalized spacial score (nSPS) is 17.3. The highest BCUT2D eigenvalue weighted by atomic mass is 35.5. The average Bonchev–Trinajstić information content (AvgIpc) is 3.04. The zero-order valence-electron chi connectivity index (χ0n) is 18.4. The molecule has 0 bridgehead atoms. The molecule has 1 atom stereocenters. The number of Topliss-reactive ketones (excluding diaryl/α,β-unsaturated/α-hetero) is 1. The Bertz CT molecular complexity index is 1320. The molecular formula is C26H21ClFNO5. The van der Waals surface area contributed by atoms with Crippen LogP contribution in [0.2, 0.25) is 5.02 Å². The van der Waals surface area contributed by atoms with Crippen LogP contribution >= 0.6 is 11.6 Å². The van der Waals surface area contributed by atoms with E-state index in [-0.39, 0.29) is 34.2 Å². The lowest BCUT2D eigenvalue weighted by molar-refractivity contribution is -0.140. The van der Waals surface area contributed by atoms with Crippen LogP contribution in [0.1, 0.15) is 28.3 Å². The van der Waals surface area contributed by atoms with Gasteiger partial charge in [0.1, 0.15) is 23.1 Å². The van der Waals surface area contributed by atoms with Gasteiger partial charge in [0, 0.05) is 6.54 Å². The van der Waals surface area contributed by atoms with Gasteiger partial charge in [-0.25, -0.2) is 4.39 Å². The van der Waals surface area contributed by atoms with Crippen LogP contribution in [0, 0.1) is 12.7 Å². The van der Waals surface area contributed by atoms with Gasteiger partial charge in [-0.2, -0.15) is 0 Å². The van der Waals surface area contributed by atoms with Gasteiger partial charge in [-0.15, -0.1) is 0 Å². The van der Waals surface area contributed by atoms with E-state index >= 15 is 0 Å². The molecule has 0 radical (unpaired) electrons. The third kappa shape index (κ3) is 4.22. The minimum absolute atomic E-state index is 0.0202. The summed E-state index contributed by atoms with van der Waals surface area (Å²) in [4.78, 5) is 27.6. The molecule has 2 N–H and O–H groups in total. The Morgan fingerprint density at radius 1 is 1.12 bits per heavy atom. The molecule has 34 heavy (non-hydrogen) atoms. The lowest BCUT2D eigenvalue weighted by atomic mass is 9.94. The van der Waals surface area contributed by atoms with Crippen molar-refractivity contribution in [2.24, 2.45) is 0 Å². The Morgan fingerprint density at radius 2 is 1.82 bits per heavy atom. The highest BCUT2D eigenvalue weighted by Crippen LogP contribution is 2.43. The van der Waals surface area contributed by atoms with Crippen molar-refractivity contribution in [1.29, 1.82) is 0 Å². The van der Waals surface area contributed by atoms with Crippen LogP contribution in [0.25, 0.3) is 5.76 Å². The standard InChI is InChI=1S/C26H21ClFNO5/c1-14-10-19(25(34-2)20(27)11-14)23(31)21-22(16-4-3-5-18(30)12-16)29(26(33)24(21)32)13-15-6-8-17(28)9-7-15/h3-12,22,30-31H,13H2,1-2H3/b23-21+. The van der Waals surface area contributed by atoms with Crippen LogP contribution in [-0.4, -0.2) is 33.9 Å². The van der Waals surface area contributed by atoms with Gasteiger partial charge in [0.15, 0.2) is 0 Å². The molecule has 174 valence electrons. The van der Waals surface area contributed by atoms with E-state index in [1.165, 1.54) is 48.4 Å². The summed E-state index contributed by atoms with van der Waals surface area (Å²) in [6.45, 7) is 1.75. The summed E-state index contributed by atoms with van der Waals surface area (Å²) in [6.07, 6.45) is 0. The quantitative estimate of drug-likeness (QED) is 0.300. The Hall–Kier alpha value is -3.84. The van der Waals surface area contributed by atoms with Crippen LogP contribution in [-0.2, 0) is 16.1 Å². The molecule has 1 fully saturated rings. The van der Waals surface area contributed by atoms with Crippen LogP contribution in [0.15, 0.2) is 66.2 Å². The summed E-state index contributed by atoms with van der Waals surface area (Å²) in [6, 6.07) is 13.9. The fourth-order valence-corrected chi connectivity index (χ4v) is 4.48. The molecule has 0 spiro atoms. The van der Waals surface area contributed by atoms with Crippen molar-refractivity contribution < 1.29 is 28.9 Å². The molecule has 1 unspecified atom stereocenters. The number of hydrogen-bond acceptors (Lipinski definition) is 5. The fraction of sp³-hybridized carbons (Fsp3) is 0.154. The first-order chi connectivity index (χ1) is 16.2. The van der Waals surface area contributed by atoms with Gasteiger partial charge in [0.2, 0.25) is 0 Å². The minimum atomic E-state index is -1.01. The summed E-state index contributed by atoms with van der Waals surface area (Å²) in [5.74, 6) is -2.52. The number of halogens is 2. The van der Waals surface area contributed by atoms with E-state index in [1.807, 2.05) is 0 Å². The number of nitrogens with zero attached hydrogens (tertiary/aromatic N) is 1. The number of aliphatic hydroxyl groups excluding tert-OH is 1. The summed E-state index contributed by atoms with van der Waals surface area (Å²) < 4.78 is 18.7. The van der Waals surface area contributed by atoms with Gasteiger partial charge < -0.3 is 19.8 Å². The largest absolute Gasteiger partial charge is 0.508 e. The summed E-state index contributed by atoms with van der Waals surface area (Å²) in [5.41, 5.74) is 1.71. The van der Waals surface area contributed by atoms with E-state index in [0.717, 1.165) is 0 Å². The monoisotopic (exact) mass is 481 g/mol. The molecule has 1 heterocycles. The molecule has 3 aromatic carbocycles. The van der Waals surface area contributed by atoms with Crippen molar-refractivity contribution in [2.75, 3.05) is 7.11 Å². The second kappa shape index (κ2) is 9.19. The van der Waals surface area contributed by atoms with Crippen molar-refractivity contribution in [3.63, 3.8) is 0 Å². The smallest absolute Gasteiger partial charge is 0.295 e. The first-order valence-corrected chi connectivity index (χ1v) is 10.8. The van der Waals surface area contributed by atoms with Gasteiger partial charge in [0.05, 0.1) is 29.3 Å². The maximum atomic E-state index is 13.4. The molecule has 1 aliphatic heterocycles. The van der Waals surface area contributed by atoms with Crippen molar-refractivity contribution in [1.82, 2.24) is 4.90 Å². The lowest BCUT2D eigenvalue weighted by Gasteiger charge is -2.25. The van der Waals surface area contributed by atoms with Gasteiger partial charge in [-0.1, -0.05) is 35.9 Å². The third-order valence-electron chi connectivity index (χ3n) is 5.64.